The van der Waals surface area contributed by atoms with Gasteiger partial charge in [-0.05, 0) is 24.5 Å². The van der Waals surface area contributed by atoms with Crippen molar-refractivity contribution < 1.29 is 13.9 Å². The molecular formula is C19H26N2O3. The SMILES string of the molecule is CCC(=O)N1CC[C@@H](NCc2cc3cccc(OC)c3o2)[C@H](C)C1. The first-order chi connectivity index (χ1) is 11.6. The zero-order valence-corrected chi connectivity index (χ0v) is 14.7. The van der Waals surface area contributed by atoms with Crippen molar-refractivity contribution in [2.75, 3.05) is 20.2 Å². The molecule has 0 radical (unpaired) electrons. The maximum atomic E-state index is 11.8. The third-order valence-electron chi connectivity index (χ3n) is 4.88. The van der Waals surface area contributed by atoms with E-state index < -0.39 is 0 Å². The first kappa shape index (κ1) is 16.8. The summed E-state index contributed by atoms with van der Waals surface area (Å²) in [5, 5.41) is 4.65. The van der Waals surface area contributed by atoms with Crippen LogP contribution in [0.5, 0.6) is 5.75 Å². The smallest absolute Gasteiger partial charge is 0.222 e. The third-order valence-corrected chi connectivity index (χ3v) is 4.88. The van der Waals surface area contributed by atoms with Crippen LogP contribution in [0.15, 0.2) is 28.7 Å². The molecule has 1 fully saturated rings. The van der Waals surface area contributed by atoms with E-state index in [2.05, 4.69) is 18.3 Å². The van der Waals surface area contributed by atoms with Gasteiger partial charge in [-0.15, -0.1) is 0 Å². The Morgan fingerprint density at radius 2 is 2.29 bits per heavy atom. The molecule has 1 aromatic heterocycles. The molecule has 1 aliphatic heterocycles. The lowest BCUT2D eigenvalue weighted by Gasteiger charge is -2.37. The van der Waals surface area contributed by atoms with Gasteiger partial charge >= 0.3 is 0 Å². The molecular weight excluding hydrogens is 304 g/mol. The first-order valence-electron chi connectivity index (χ1n) is 8.69. The summed E-state index contributed by atoms with van der Waals surface area (Å²) in [5.41, 5.74) is 0.799. The van der Waals surface area contributed by atoms with Crippen molar-refractivity contribution in [3.8, 4) is 5.75 Å². The first-order valence-corrected chi connectivity index (χ1v) is 8.69. The predicted molar refractivity (Wildman–Crippen MR) is 94.0 cm³/mol. The highest BCUT2D eigenvalue weighted by Crippen LogP contribution is 2.28. The fraction of sp³-hybridized carbons (Fsp3) is 0.526. The summed E-state index contributed by atoms with van der Waals surface area (Å²) in [6.07, 6.45) is 1.57. The van der Waals surface area contributed by atoms with Gasteiger partial charge in [0.1, 0.15) is 5.76 Å². The molecule has 130 valence electrons. The van der Waals surface area contributed by atoms with E-state index in [-0.39, 0.29) is 5.91 Å². The number of likely N-dealkylation sites (tertiary alicyclic amines) is 1. The summed E-state index contributed by atoms with van der Waals surface area (Å²) in [6.45, 7) is 6.48. The monoisotopic (exact) mass is 330 g/mol. The van der Waals surface area contributed by atoms with E-state index in [0.717, 1.165) is 42.0 Å². The average molecular weight is 330 g/mol. The predicted octanol–water partition coefficient (Wildman–Crippen LogP) is 3.18. The van der Waals surface area contributed by atoms with E-state index in [1.807, 2.05) is 30.0 Å². The molecule has 1 aromatic carbocycles. The number of hydrogen-bond donors (Lipinski definition) is 1. The Morgan fingerprint density at radius 1 is 1.46 bits per heavy atom. The van der Waals surface area contributed by atoms with Gasteiger partial charge < -0.3 is 19.4 Å². The molecule has 3 rings (SSSR count). The molecule has 1 amide bonds. The van der Waals surface area contributed by atoms with Crippen LogP contribution in [-0.4, -0.2) is 37.0 Å². The number of carbonyl (C=O) groups excluding carboxylic acids is 1. The van der Waals surface area contributed by atoms with Crippen LogP contribution < -0.4 is 10.1 Å². The lowest BCUT2D eigenvalue weighted by molar-refractivity contribution is -0.132. The highest BCUT2D eigenvalue weighted by Gasteiger charge is 2.27. The second kappa shape index (κ2) is 7.26. The Morgan fingerprint density at radius 3 is 3.00 bits per heavy atom. The molecule has 0 spiro atoms. The molecule has 5 nitrogen and oxygen atoms in total. The number of fused-ring (bicyclic) bond motifs is 1. The van der Waals surface area contributed by atoms with Crippen LogP contribution in [0.3, 0.4) is 0 Å². The van der Waals surface area contributed by atoms with Gasteiger partial charge in [0.15, 0.2) is 11.3 Å². The Hall–Kier alpha value is -2.01. The lowest BCUT2D eigenvalue weighted by atomic mass is 9.93. The quantitative estimate of drug-likeness (QED) is 0.915. The molecule has 0 aliphatic carbocycles. The Kier molecular flexibility index (Phi) is 5.09. The van der Waals surface area contributed by atoms with E-state index in [1.165, 1.54) is 0 Å². The van der Waals surface area contributed by atoms with E-state index >= 15 is 0 Å². The van der Waals surface area contributed by atoms with Gasteiger partial charge in [-0.25, -0.2) is 0 Å². The molecule has 2 atom stereocenters. The Bertz CT molecular complexity index is 710. The van der Waals surface area contributed by atoms with Gasteiger partial charge in [0, 0.05) is 30.9 Å². The Labute approximate surface area is 143 Å². The fourth-order valence-electron chi connectivity index (χ4n) is 3.47. The van der Waals surface area contributed by atoms with Gasteiger partial charge in [0.2, 0.25) is 5.91 Å². The van der Waals surface area contributed by atoms with Gasteiger partial charge in [-0.2, -0.15) is 0 Å². The van der Waals surface area contributed by atoms with E-state index in [0.29, 0.717) is 24.9 Å². The maximum absolute atomic E-state index is 11.8. The number of amides is 1. The van der Waals surface area contributed by atoms with E-state index in [4.69, 9.17) is 9.15 Å². The van der Waals surface area contributed by atoms with Crippen molar-refractivity contribution in [1.29, 1.82) is 0 Å². The molecule has 5 heteroatoms. The minimum Gasteiger partial charge on any atom is -0.493 e. The average Bonchev–Trinajstić information content (AvgIpc) is 3.02. The van der Waals surface area contributed by atoms with Crippen molar-refractivity contribution in [3.63, 3.8) is 0 Å². The molecule has 1 saturated heterocycles. The summed E-state index contributed by atoms with van der Waals surface area (Å²) >= 11 is 0. The number of furan rings is 1. The molecule has 2 heterocycles. The third kappa shape index (κ3) is 3.41. The highest BCUT2D eigenvalue weighted by atomic mass is 16.5. The van der Waals surface area contributed by atoms with E-state index in [1.54, 1.807) is 7.11 Å². The van der Waals surface area contributed by atoms with Gasteiger partial charge in [0.05, 0.1) is 13.7 Å². The summed E-state index contributed by atoms with van der Waals surface area (Å²) in [5.74, 6) is 2.37. The van der Waals surface area contributed by atoms with Crippen LogP contribution in [0, 0.1) is 5.92 Å². The molecule has 24 heavy (non-hydrogen) atoms. The fourth-order valence-corrected chi connectivity index (χ4v) is 3.47. The van der Waals surface area contributed by atoms with Crippen molar-refractivity contribution in [1.82, 2.24) is 10.2 Å². The van der Waals surface area contributed by atoms with Crippen molar-refractivity contribution in [2.45, 2.75) is 39.3 Å². The van der Waals surface area contributed by atoms with Crippen LogP contribution in [0.4, 0.5) is 0 Å². The van der Waals surface area contributed by atoms with Crippen molar-refractivity contribution in [2.24, 2.45) is 5.92 Å². The Balaban J connectivity index is 1.61. The number of nitrogens with one attached hydrogen (secondary N) is 1. The standard InChI is InChI=1S/C19H26N2O3/c1-4-18(22)21-9-8-16(13(2)12-21)20-11-15-10-14-6-5-7-17(23-3)19(14)24-15/h5-7,10,13,16,20H,4,8-9,11-12H2,1-3H3/t13-,16-/m1/s1. The normalized spacial score (nSPS) is 21.2. The summed E-state index contributed by atoms with van der Waals surface area (Å²) in [7, 11) is 1.66. The minimum atomic E-state index is 0.254. The molecule has 0 bridgehead atoms. The number of carbonyl (C=O) groups is 1. The minimum absolute atomic E-state index is 0.254. The number of benzene rings is 1. The zero-order chi connectivity index (χ0) is 17.1. The van der Waals surface area contributed by atoms with Gasteiger partial charge in [-0.1, -0.05) is 26.0 Å². The van der Waals surface area contributed by atoms with Crippen LogP contribution in [0.2, 0.25) is 0 Å². The van der Waals surface area contributed by atoms with Gasteiger partial charge in [-0.3, -0.25) is 4.79 Å². The molecule has 0 saturated carbocycles. The number of methoxy groups -OCH3 is 1. The van der Waals surface area contributed by atoms with Gasteiger partial charge in [0.25, 0.3) is 0 Å². The highest BCUT2D eigenvalue weighted by molar-refractivity contribution is 5.83. The van der Waals surface area contributed by atoms with Crippen LogP contribution in [0.25, 0.3) is 11.0 Å². The van der Waals surface area contributed by atoms with E-state index in [9.17, 15) is 4.79 Å². The second-order valence-electron chi connectivity index (χ2n) is 6.54. The van der Waals surface area contributed by atoms with Crippen LogP contribution in [-0.2, 0) is 11.3 Å². The molecule has 1 N–H and O–H groups in total. The number of nitrogens with zero attached hydrogens (tertiary/aromatic N) is 1. The molecule has 1 aliphatic rings. The largest absolute Gasteiger partial charge is 0.493 e. The number of piperidine rings is 1. The summed E-state index contributed by atoms with van der Waals surface area (Å²) in [4.78, 5) is 13.8. The topological polar surface area (TPSA) is 54.7 Å². The lowest BCUT2D eigenvalue weighted by Crippen LogP contribution is -2.49. The van der Waals surface area contributed by atoms with Crippen molar-refractivity contribution >= 4 is 16.9 Å². The van der Waals surface area contributed by atoms with Crippen molar-refractivity contribution in [3.05, 3.63) is 30.0 Å². The number of para-hydroxylation sites is 1. The zero-order valence-electron chi connectivity index (χ0n) is 14.7. The van der Waals surface area contributed by atoms with Crippen LogP contribution in [0.1, 0.15) is 32.4 Å². The number of ether oxygens (including phenoxy) is 1. The summed E-state index contributed by atoms with van der Waals surface area (Å²) < 4.78 is 11.3. The molecule has 0 unspecified atom stereocenters. The number of hydrogen-bond acceptors (Lipinski definition) is 4. The maximum Gasteiger partial charge on any atom is 0.222 e. The number of rotatable bonds is 5. The summed E-state index contributed by atoms with van der Waals surface area (Å²) in [6, 6.07) is 8.37. The second-order valence-corrected chi connectivity index (χ2v) is 6.54. The van der Waals surface area contributed by atoms with Crippen LogP contribution >= 0.6 is 0 Å². The molecule has 2 aromatic rings.